The molecule has 1 saturated heterocycles. The van der Waals surface area contributed by atoms with Crippen molar-refractivity contribution in [2.75, 3.05) is 19.6 Å². The van der Waals surface area contributed by atoms with Gasteiger partial charge in [0.1, 0.15) is 0 Å². The molecule has 1 aliphatic rings. The summed E-state index contributed by atoms with van der Waals surface area (Å²) in [5.74, 6) is -0.964. The Morgan fingerprint density at radius 1 is 1.53 bits per heavy atom. The summed E-state index contributed by atoms with van der Waals surface area (Å²) in [6.45, 7) is 4.50. The number of hydrogen-bond donors (Lipinski definition) is 2. The molecule has 0 aromatic rings. The van der Waals surface area contributed by atoms with Gasteiger partial charge in [-0.1, -0.05) is 13.8 Å². The Hall–Kier alpha value is -1.10. The van der Waals surface area contributed by atoms with Gasteiger partial charge >= 0.3 is 5.97 Å². The second-order valence-electron chi connectivity index (χ2n) is 4.39. The van der Waals surface area contributed by atoms with E-state index in [1.54, 1.807) is 4.90 Å². The molecule has 1 fully saturated rings. The molecule has 0 aliphatic carbocycles. The second kappa shape index (κ2) is 4.18. The lowest BCUT2D eigenvalue weighted by Crippen LogP contribution is -2.42. The molecule has 1 unspecified atom stereocenters. The number of rotatable bonds is 3. The van der Waals surface area contributed by atoms with Gasteiger partial charge in [0.25, 0.3) is 0 Å². The Balaban J connectivity index is 2.81. The highest BCUT2D eigenvalue weighted by atomic mass is 16.4. The summed E-state index contributed by atoms with van der Waals surface area (Å²) < 4.78 is 0. The fraction of sp³-hybridized carbons (Fsp3) is 0.800. The molecule has 0 aromatic heterocycles. The fourth-order valence-electron chi connectivity index (χ4n) is 2.07. The highest BCUT2D eigenvalue weighted by Crippen LogP contribution is 2.37. The molecule has 1 rings (SSSR count). The Labute approximate surface area is 89.2 Å². The molecule has 86 valence electrons. The van der Waals surface area contributed by atoms with Gasteiger partial charge in [0.15, 0.2) is 0 Å². The maximum atomic E-state index is 11.4. The van der Waals surface area contributed by atoms with E-state index in [-0.39, 0.29) is 24.9 Å². The zero-order chi connectivity index (χ0) is 11.6. The summed E-state index contributed by atoms with van der Waals surface area (Å²) in [6, 6.07) is 0. The summed E-state index contributed by atoms with van der Waals surface area (Å²) >= 11 is 0. The van der Waals surface area contributed by atoms with Crippen LogP contribution in [-0.2, 0) is 9.59 Å². The first-order valence-electron chi connectivity index (χ1n) is 5.15. The van der Waals surface area contributed by atoms with Crippen LogP contribution in [0.4, 0.5) is 0 Å². The van der Waals surface area contributed by atoms with Crippen LogP contribution in [0.5, 0.6) is 0 Å². The minimum absolute atomic E-state index is 0.0191. The number of carbonyl (C=O) groups excluding carboxylic acids is 1. The third kappa shape index (κ3) is 1.97. The van der Waals surface area contributed by atoms with Gasteiger partial charge in [-0.2, -0.15) is 0 Å². The lowest BCUT2D eigenvalue weighted by Gasteiger charge is -2.28. The number of nitrogens with zero attached hydrogens (tertiary/aromatic N) is 1. The molecule has 3 N–H and O–H groups in total. The van der Waals surface area contributed by atoms with Crippen LogP contribution in [0.2, 0.25) is 0 Å². The number of aliphatic carboxylic acids is 1. The van der Waals surface area contributed by atoms with Crippen molar-refractivity contribution in [1.82, 2.24) is 4.90 Å². The van der Waals surface area contributed by atoms with Gasteiger partial charge in [0, 0.05) is 13.1 Å². The number of carboxylic acid groups (broad SMARTS) is 1. The first kappa shape index (κ1) is 12.0. The molecule has 0 bridgehead atoms. The number of amides is 1. The first-order valence-corrected chi connectivity index (χ1v) is 5.15. The SMILES string of the molecule is CC(C)C1(C(=O)O)CCN(C(=O)CN)C1. The van der Waals surface area contributed by atoms with Crippen molar-refractivity contribution in [1.29, 1.82) is 0 Å². The normalized spacial score (nSPS) is 26.0. The maximum absolute atomic E-state index is 11.4. The van der Waals surface area contributed by atoms with Crippen LogP contribution in [0.3, 0.4) is 0 Å². The van der Waals surface area contributed by atoms with Crippen molar-refractivity contribution in [2.24, 2.45) is 17.1 Å². The number of likely N-dealkylation sites (tertiary alicyclic amines) is 1. The van der Waals surface area contributed by atoms with Crippen LogP contribution in [0.15, 0.2) is 0 Å². The summed E-state index contributed by atoms with van der Waals surface area (Å²) in [7, 11) is 0. The van der Waals surface area contributed by atoms with Gasteiger partial charge < -0.3 is 15.7 Å². The van der Waals surface area contributed by atoms with Gasteiger partial charge in [-0.3, -0.25) is 9.59 Å². The zero-order valence-corrected chi connectivity index (χ0v) is 9.19. The second-order valence-corrected chi connectivity index (χ2v) is 4.39. The fourth-order valence-corrected chi connectivity index (χ4v) is 2.07. The lowest BCUT2D eigenvalue weighted by molar-refractivity contribution is -0.151. The van der Waals surface area contributed by atoms with Crippen molar-refractivity contribution in [2.45, 2.75) is 20.3 Å². The number of nitrogens with two attached hydrogens (primary N) is 1. The number of carbonyl (C=O) groups is 2. The largest absolute Gasteiger partial charge is 0.481 e. The molecule has 0 aromatic carbocycles. The van der Waals surface area contributed by atoms with E-state index >= 15 is 0 Å². The molecule has 5 heteroatoms. The third-order valence-corrected chi connectivity index (χ3v) is 3.36. The molecular weight excluding hydrogens is 196 g/mol. The van der Waals surface area contributed by atoms with Gasteiger partial charge in [-0.05, 0) is 12.3 Å². The first-order chi connectivity index (χ1) is 6.94. The summed E-state index contributed by atoms with van der Waals surface area (Å²) in [5, 5.41) is 9.24. The van der Waals surface area contributed by atoms with E-state index in [1.807, 2.05) is 13.8 Å². The minimum atomic E-state index is -0.815. The van der Waals surface area contributed by atoms with Crippen LogP contribution >= 0.6 is 0 Å². The summed E-state index contributed by atoms with van der Waals surface area (Å²) in [4.78, 5) is 24.2. The van der Waals surface area contributed by atoms with E-state index in [0.29, 0.717) is 13.0 Å². The summed E-state index contributed by atoms with van der Waals surface area (Å²) in [6.07, 6.45) is 0.520. The van der Waals surface area contributed by atoms with E-state index < -0.39 is 11.4 Å². The predicted octanol–water partition coefficient (Wildman–Crippen LogP) is -0.0956. The number of carboxylic acids is 1. The Kier molecular flexibility index (Phi) is 3.34. The quantitative estimate of drug-likeness (QED) is 0.687. The highest BCUT2D eigenvalue weighted by Gasteiger charge is 2.48. The molecule has 1 amide bonds. The molecule has 0 spiro atoms. The van der Waals surface area contributed by atoms with Gasteiger partial charge in [0.2, 0.25) is 5.91 Å². The van der Waals surface area contributed by atoms with Crippen molar-refractivity contribution in [3.63, 3.8) is 0 Å². The van der Waals surface area contributed by atoms with E-state index in [0.717, 1.165) is 0 Å². The highest BCUT2D eigenvalue weighted by molar-refractivity contribution is 5.81. The Bertz CT molecular complexity index is 278. The third-order valence-electron chi connectivity index (χ3n) is 3.36. The van der Waals surface area contributed by atoms with Crippen LogP contribution in [0, 0.1) is 11.3 Å². The molecule has 15 heavy (non-hydrogen) atoms. The van der Waals surface area contributed by atoms with Crippen molar-refractivity contribution in [3.8, 4) is 0 Å². The molecule has 1 aliphatic heterocycles. The van der Waals surface area contributed by atoms with Gasteiger partial charge in [-0.25, -0.2) is 0 Å². The van der Waals surface area contributed by atoms with Crippen molar-refractivity contribution < 1.29 is 14.7 Å². The predicted molar refractivity (Wildman–Crippen MR) is 55.2 cm³/mol. The summed E-state index contributed by atoms with van der Waals surface area (Å²) in [5.41, 5.74) is 4.47. The van der Waals surface area contributed by atoms with Crippen molar-refractivity contribution >= 4 is 11.9 Å². The maximum Gasteiger partial charge on any atom is 0.311 e. The molecule has 5 nitrogen and oxygen atoms in total. The average molecular weight is 214 g/mol. The number of hydrogen-bond acceptors (Lipinski definition) is 3. The molecule has 1 atom stereocenters. The topological polar surface area (TPSA) is 83.6 Å². The molecule has 0 saturated carbocycles. The Morgan fingerprint density at radius 2 is 2.13 bits per heavy atom. The zero-order valence-electron chi connectivity index (χ0n) is 9.19. The monoisotopic (exact) mass is 214 g/mol. The van der Waals surface area contributed by atoms with Gasteiger partial charge in [-0.15, -0.1) is 0 Å². The Morgan fingerprint density at radius 3 is 2.47 bits per heavy atom. The lowest BCUT2D eigenvalue weighted by atomic mass is 9.76. The van der Waals surface area contributed by atoms with E-state index in [4.69, 9.17) is 5.73 Å². The van der Waals surface area contributed by atoms with E-state index in [9.17, 15) is 14.7 Å². The van der Waals surface area contributed by atoms with Crippen LogP contribution in [0.25, 0.3) is 0 Å². The van der Waals surface area contributed by atoms with Gasteiger partial charge in [0.05, 0.1) is 12.0 Å². The molecular formula is C10H18N2O3. The smallest absolute Gasteiger partial charge is 0.311 e. The van der Waals surface area contributed by atoms with Crippen molar-refractivity contribution in [3.05, 3.63) is 0 Å². The average Bonchev–Trinajstić information content (AvgIpc) is 2.62. The van der Waals surface area contributed by atoms with Crippen LogP contribution in [-0.4, -0.2) is 41.5 Å². The van der Waals surface area contributed by atoms with Crippen LogP contribution < -0.4 is 5.73 Å². The molecule has 0 radical (unpaired) electrons. The molecule has 1 heterocycles. The van der Waals surface area contributed by atoms with E-state index in [2.05, 4.69) is 0 Å². The van der Waals surface area contributed by atoms with E-state index in [1.165, 1.54) is 0 Å². The minimum Gasteiger partial charge on any atom is -0.481 e. The standard InChI is InChI=1S/C10H18N2O3/c1-7(2)10(9(14)15)3-4-12(6-10)8(13)5-11/h7H,3-6,11H2,1-2H3,(H,14,15). The van der Waals surface area contributed by atoms with Crippen LogP contribution in [0.1, 0.15) is 20.3 Å².